The molecule has 0 aliphatic carbocycles. The van der Waals surface area contributed by atoms with Crippen LogP contribution in [0.25, 0.3) is 0 Å². The highest BCUT2D eigenvalue weighted by molar-refractivity contribution is 5.17. The molecule has 1 unspecified atom stereocenters. The predicted octanol–water partition coefficient (Wildman–Crippen LogP) is 1.25. The summed E-state index contributed by atoms with van der Waals surface area (Å²) in [5.74, 6) is 1.85. The van der Waals surface area contributed by atoms with Gasteiger partial charge in [0.25, 0.3) is 0 Å². The largest absolute Gasteiger partial charge is 0.481 e. The Hall–Kier alpha value is -1.36. The van der Waals surface area contributed by atoms with Crippen molar-refractivity contribution in [2.75, 3.05) is 26.8 Å². The minimum Gasteiger partial charge on any atom is -0.481 e. The second kappa shape index (κ2) is 6.39. The molecule has 0 amide bonds. The van der Waals surface area contributed by atoms with E-state index in [2.05, 4.69) is 15.3 Å². The van der Waals surface area contributed by atoms with Gasteiger partial charge in [0.15, 0.2) is 0 Å². The second-order valence-electron chi connectivity index (χ2n) is 4.25. The molecule has 1 N–H and O–H groups in total. The third-order valence-electron chi connectivity index (χ3n) is 3.00. The monoisotopic (exact) mass is 237 g/mol. The first-order valence-electron chi connectivity index (χ1n) is 6.08. The lowest BCUT2D eigenvalue weighted by Gasteiger charge is -2.22. The number of rotatable bonds is 5. The fourth-order valence-corrected chi connectivity index (χ4v) is 2.01. The van der Waals surface area contributed by atoms with Crippen molar-refractivity contribution in [2.45, 2.75) is 19.3 Å². The van der Waals surface area contributed by atoms with Crippen molar-refractivity contribution in [3.05, 3.63) is 12.4 Å². The van der Waals surface area contributed by atoms with Crippen molar-refractivity contribution in [2.24, 2.45) is 5.92 Å². The lowest BCUT2D eigenvalue weighted by Crippen LogP contribution is -2.30. The van der Waals surface area contributed by atoms with Gasteiger partial charge in [0.2, 0.25) is 11.8 Å². The average Bonchev–Trinajstić information content (AvgIpc) is 2.40. The second-order valence-corrected chi connectivity index (χ2v) is 4.25. The first-order chi connectivity index (χ1) is 8.38. The van der Waals surface area contributed by atoms with E-state index in [0.717, 1.165) is 25.4 Å². The molecule has 0 aromatic carbocycles. The number of hydrogen-bond acceptors (Lipinski definition) is 5. The number of nitrogens with one attached hydrogen (secondary N) is 1. The summed E-state index contributed by atoms with van der Waals surface area (Å²) in [4.78, 5) is 7.97. The Morgan fingerprint density at radius 3 is 3.06 bits per heavy atom. The SMILES string of the molecule is COc1cc(OCCC2CCCNC2)ncn1. The molecule has 1 aliphatic rings. The molecule has 1 fully saturated rings. The number of piperidine rings is 1. The van der Waals surface area contributed by atoms with Crippen LogP contribution in [0.4, 0.5) is 0 Å². The zero-order chi connectivity index (χ0) is 11.9. The molecule has 1 aromatic rings. The topological polar surface area (TPSA) is 56.3 Å². The Bertz CT molecular complexity index is 340. The number of ether oxygens (including phenoxy) is 2. The van der Waals surface area contributed by atoms with Crippen LogP contribution in [0.15, 0.2) is 12.4 Å². The minimum absolute atomic E-state index is 0.536. The third-order valence-corrected chi connectivity index (χ3v) is 3.00. The van der Waals surface area contributed by atoms with Crippen LogP contribution in [0.5, 0.6) is 11.8 Å². The van der Waals surface area contributed by atoms with Crippen molar-refractivity contribution < 1.29 is 9.47 Å². The summed E-state index contributed by atoms with van der Waals surface area (Å²) >= 11 is 0. The van der Waals surface area contributed by atoms with E-state index in [1.807, 2.05) is 0 Å². The van der Waals surface area contributed by atoms with Gasteiger partial charge in [0.05, 0.1) is 19.8 Å². The molecule has 0 spiro atoms. The van der Waals surface area contributed by atoms with Crippen molar-refractivity contribution in [3.63, 3.8) is 0 Å². The molecule has 1 atom stereocenters. The van der Waals surface area contributed by atoms with E-state index in [-0.39, 0.29) is 0 Å². The Morgan fingerprint density at radius 2 is 2.29 bits per heavy atom. The quantitative estimate of drug-likeness (QED) is 0.835. The molecule has 17 heavy (non-hydrogen) atoms. The predicted molar refractivity (Wildman–Crippen MR) is 64.3 cm³/mol. The van der Waals surface area contributed by atoms with Crippen LogP contribution in [0.3, 0.4) is 0 Å². The highest BCUT2D eigenvalue weighted by Crippen LogP contribution is 2.16. The standard InChI is InChI=1S/C12H19N3O2/c1-16-11-7-12(15-9-14-11)17-6-4-10-3-2-5-13-8-10/h7,9-10,13H,2-6,8H2,1H3. The van der Waals surface area contributed by atoms with E-state index < -0.39 is 0 Å². The molecule has 2 heterocycles. The molecule has 1 aliphatic heterocycles. The van der Waals surface area contributed by atoms with E-state index in [1.54, 1.807) is 13.2 Å². The van der Waals surface area contributed by atoms with E-state index in [1.165, 1.54) is 19.2 Å². The number of methoxy groups -OCH3 is 1. The Labute approximate surface area is 102 Å². The zero-order valence-electron chi connectivity index (χ0n) is 10.2. The molecule has 0 bridgehead atoms. The summed E-state index contributed by atoms with van der Waals surface area (Å²) in [5.41, 5.74) is 0. The van der Waals surface area contributed by atoms with E-state index in [0.29, 0.717) is 18.4 Å². The van der Waals surface area contributed by atoms with Crippen LogP contribution >= 0.6 is 0 Å². The van der Waals surface area contributed by atoms with Crippen LogP contribution in [-0.2, 0) is 0 Å². The van der Waals surface area contributed by atoms with Gasteiger partial charge in [-0.15, -0.1) is 0 Å². The van der Waals surface area contributed by atoms with Gasteiger partial charge < -0.3 is 14.8 Å². The number of nitrogens with zero attached hydrogens (tertiary/aromatic N) is 2. The van der Waals surface area contributed by atoms with Crippen LogP contribution in [-0.4, -0.2) is 36.8 Å². The molecule has 1 aromatic heterocycles. The fourth-order valence-electron chi connectivity index (χ4n) is 2.01. The van der Waals surface area contributed by atoms with Gasteiger partial charge in [-0.05, 0) is 38.3 Å². The summed E-state index contributed by atoms with van der Waals surface area (Å²) in [6, 6.07) is 1.71. The summed E-state index contributed by atoms with van der Waals surface area (Å²) in [6.45, 7) is 2.96. The van der Waals surface area contributed by atoms with Crippen LogP contribution in [0.2, 0.25) is 0 Å². The maximum Gasteiger partial charge on any atom is 0.220 e. The first-order valence-corrected chi connectivity index (χ1v) is 6.08. The number of hydrogen-bond donors (Lipinski definition) is 1. The smallest absolute Gasteiger partial charge is 0.220 e. The summed E-state index contributed by atoms with van der Waals surface area (Å²) in [5, 5.41) is 3.40. The highest BCUT2D eigenvalue weighted by Gasteiger charge is 2.12. The molecular formula is C12H19N3O2. The van der Waals surface area contributed by atoms with Crippen molar-refractivity contribution in [1.82, 2.24) is 15.3 Å². The van der Waals surface area contributed by atoms with Gasteiger partial charge in [0.1, 0.15) is 6.33 Å². The van der Waals surface area contributed by atoms with E-state index >= 15 is 0 Å². The van der Waals surface area contributed by atoms with Gasteiger partial charge in [-0.1, -0.05) is 0 Å². The minimum atomic E-state index is 0.536. The highest BCUT2D eigenvalue weighted by atomic mass is 16.5. The van der Waals surface area contributed by atoms with Gasteiger partial charge in [-0.3, -0.25) is 0 Å². The molecular weight excluding hydrogens is 218 g/mol. The zero-order valence-corrected chi connectivity index (χ0v) is 10.2. The fraction of sp³-hybridized carbons (Fsp3) is 0.667. The first kappa shape index (κ1) is 12.1. The van der Waals surface area contributed by atoms with Crippen LogP contribution < -0.4 is 14.8 Å². The van der Waals surface area contributed by atoms with Crippen LogP contribution in [0.1, 0.15) is 19.3 Å². The maximum absolute atomic E-state index is 5.59. The molecule has 5 nitrogen and oxygen atoms in total. The molecule has 0 radical (unpaired) electrons. The van der Waals surface area contributed by atoms with Gasteiger partial charge in [-0.2, -0.15) is 0 Å². The van der Waals surface area contributed by atoms with Crippen molar-refractivity contribution in [1.29, 1.82) is 0 Å². The molecule has 2 rings (SSSR count). The Kier molecular flexibility index (Phi) is 4.55. The van der Waals surface area contributed by atoms with Gasteiger partial charge in [0, 0.05) is 0 Å². The summed E-state index contributed by atoms with van der Waals surface area (Å²) in [6.07, 6.45) is 5.09. The van der Waals surface area contributed by atoms with E-state index in [9.17, 15) is 0 Å². The van der Waals surface area contributed by atoms with Gasteiger partial charge in [-0.25, -0.2) is 9.97 Å². The Balaban J connectivity index is 1.73. The molecule has 1 saturated heterocycles. The van der Waals surface area contributed by atoms with Crippen molar-refractivity contribution in [3.8, 4) is 11.8 Å². The lowest BCUT2D eigenvalue weighted by molar-refractivity contribution is 0.245. The van der Waals surface area contributed by atoms with Gasteiger partial charge >= 0.3 is 0 Å². The number of aromatic nitrogens is 2. The third kappa shape index (κ3) is 3.85. The lowest BCUT2D eigenvalue weighted by atomic mass is 9.97. The Morgan fingerprint density at radius 1 is 1.41 bits per heavy atom. The average molecular weight is 237 g/mol. The van der Waals surface area contributed by atoms with Crippen molar-refractivity contribution >= 4 is 0 Å². The van der Waals surface area contributed by atoms with Crippen LogP contribution in [0, 0.1) is 5.92 Å². The molecule has 5 heteroatoms. The molecule has 94 valence electrons. The normalized spacial score (nSPS) is 19.9. The maximum atomic E-state index is 5.59. The molecule has 0 saturated carbocycles. The van der Waals surface area contributed by atoms with E-state index in [4.69, 9.17) is 9.47 Å². The summed E-state index contributed by atoms with van der Waals surface area (Å²) < 4.78 is 10.6. The summed E-state index contributed by atoms with van der Waals surface area (Å²) in [7, 11) is 1.58.